The maximum atomic E-state index is 11.0. The Labute approximate surface area is 105 Å². The Bertz CT molecular complexity index is 600. The van der Waals surface area contributed by atoms with E-state index in [9.17, 15) is 4.79 Å². The number of nitrogens with zero attached hydrogens (tertiary/aromatic N) is 3. The maximum absolute atomic E-state index is 11.0. The largest absolute Gasteiger partial charge is 0.478 e. The molecule has 2 rings (SSSR count). The molecule has 0 aliphatic heterocycles. The predicted molar refractivity (Wildman–Crippen MR) is 66.4 cm³/mol. The predicted octanol–water partition coefficient (Wildman–Crippen LogP) is 2.16. The van der Waals surface area contributed by atoms with Crippen LogP contribution in [0.15, 0.2) is 18.2 Å². The summed E-state index contributed by atoms with van der Waals surface area (Å²) >= 11 is 0. The molecule has 0 atom stereocenters. The van der Waals surface area contributed by atoms with Gasteiger partial charge in [-0.2, -0.15) is 0 Å². The van der Waals surface area contributed by atoms with Crippen LogP contribution in [0.25, 0.3) is 11.5 Å². The maximum Gasteiger partial charge on any atom is 0.339 e. The van der Waals surface area contributed by atoms with Crippen LogP contribution in [-0.2, 0) is 0 Å². The van der Waals surface area contributed by atoms with Crippen LogP contribution in [0.1, 0.15) is 27.4 Å². The SMILES string of the molecule is Cc1cccc(-c2nc(C)c(C(=O)O)c(C)n2)n1. The average Bonchev–Trinajstić information content (AvgIpc) is 2.27. The van der Waals surface area contributed by atoms with Gasteiger partial charge in [-0.05, 0) is 32.9 Å². The van der Waals surface area contributed by atoms with Crippen LogP contribution in [0.4, 0.5) is 0 Å². The highest BCUT2D eigenvalue weighted by atomic mass is 16.4. The summed E-state index contributed by atoms with van der Waals surface area (Å²) in [7, 11) is 0. The molecule has 0 saturated heterocycles. The van der Waals surface area contributed by atoms with E-state index in [0.29, 0.717) is 22.9 Å². The molecule has 0 saturated carbocycles. The topological polar surface area (TPSA) is 76.0 Å². The van der Waals surface area contributed by atoms with E-state index in [2.05, 4.69) is 15.0 Å². The van der Waals surface area contributed by atoms with Crippen LogP contribution in [0.2, 0.25) is 0 Å². The van der Waals surface area contributed by atoms with Gasteiger partial charge in [0.2, 0.25) is 0 Å². The van der Waals surface area contributed by atoms with Crippen molar-refractivity contribution >= 4 is 5.97 Å². The Balaban J connectivity index is 2.58. The minimum atomic E-state index is -1.01. The van der Waals surface area contributed by atoms with E-state index in [1.807, 2.05) is 25.1 Å². The molecule has 18 heavy (non-hydrogen) atoms. The lowest BCUT2D eigenvalue weighted by atomic mass is 10.1. The summed E-state index contributed by atoms with van der Waals surface area (Å²) in [4.78, 5) is 23.8. The zero-order chi connectivity index (χ0) is 13.3. The molecule has 0 unspecified atom stereocenters. The molecule has 0 aromatic carbocycles. The van der Waals surface area contributed by atoms with E-state index >= 15 is 0 Å². The molecule has 0 spiro atoms. The van der Waals surface area contributed by atoms with Crippen molar-refractivity contribution in [1.29, 1.82) is 0 Å². The van der Waals surface area contributed by atoms with E-state index in [-0.39, 0.29) is 5.56 Å². The Hall–Kier alpha value is -2.30. The van der Waals surface area contributed by atoms with Crippen molar-refractivity contribution in [3.63, 3.8) is 0 Å². The first-order valence-electron chi connectivity index (χ1n) is 5.51. The average molecular weight is 243 g/mol. The molecule has 0 amide bonds. The highest BCUT2D eigenvalue weighted by Crippen LogP contribution is 2.17. The van der Waals surface area contributed by atoms with Gasteiger partial charge in [-0.1, -0.05) is 6.07 Å². The summed E-state index contributed by atoms with van der Waals surface area (Å²) in [6, 6.07) is 5.56. The molecular formula is C13H13N3O2. The third kappa shape index (κ3) is 2.20. The standard InChI is InChI=1S/C13H13N3O2/c1-7-5-4-6-10(14-7)12-15-8(2)11(13(17)18)9(3)16-12/h4-6H,1-3H3,(H,17,18). The number of aromatic nitrogens is 3. The van der Waals surface area contributed by atoms with Crippen molar-refractivity contribution in [2.45, 2.75) is 20.8 Å². The number of aryl methyl sites for hydroxylation is 3. The molecule has 2 heterocycles. The summed E-state index contributed by atoms with van der Waals surface area (Å²) in [6.45, 7) is 5.21. The van der Waals surface area contributed by atoms with Crippen LogP contribution < -0.4 is 0 Å². The Morgan fingerprint density at radius 3 is 2.17 bits per heavy atom. The first-order chi connectivity index (χ1) is 8.49. The van der Waals surface area contributed by atoms with E-state index in [1.165, 1.54) is 0 Å². The van der Waals surface area contributed by atoms with Gasteiger partial charge in [-0.3, -0.25) is 0 Å². The minimum absolute atomic E-state index is 0.159. The monoisotopic (exact) mass is 243 g/mol. The summed E-state index contributed by atoms with van der Waals surface area (Å²) in [6.07, 6.45) is 0. The van der Waals surface area contributed by atoms with E-state index in [4.69, 9.17) is 5.11 Å². The molecule has 1 N–H and O–H groups in total. The highest BCUT2D eigenvalue weighted by molar-refractivity contribution is 5.90. The van der Waals surface area contributed by atoms with Crippen molar-refractivity contribution in [1.82, 2.24) is 15.0 Å². The van der Waals surface area contributed by atoms with Crippen LogP contribution in [0.5, 0.6) is 0 Å². The smallest absolute Gasteiger partial charge is 0.339 e. The van der Waals surface area contributed by atoms with E-state index in [0.717, 1.165) is 5.69 Å². The van der Waals surface area contributed by atoms with Crippen molar-refractivity contribution < 1.29 is 9.90 Å². The van der Waals surface area contributed by atoms with Gasteiger partial charge in [-0.15, -0.1) is 0 Å². The molecular weight excluding hydrogens is 230 g/mol. The second kappa shape index (κ2) is 4.52. The second-order valence-electron chi connectivity index (χ2n) is 4.06. The lowest BCUT2D eigenvalue weighted by Crippen LogP contribution is -2.09. The Morgan fingerprint density at radius 1 is 1.06 bits per heavy atom. The molecule has 5 nitrogen and oxygen atoms in total. The second-order valence-corrected chi connectivity index (χ2v) is 4.06. The Morgan fingerprint density at radius 2 is 1.67 bits per heavy atom. The summed E-state index contributed by atoms with van der Waals surface area (Å²) < 4.78 is 0. The number of carboxylic acid groups (broad SMARTS) is 1. The lowest BCUT2D eigenvalue weighted by molar-refractivity contribution is 0.0694. The fourth-order valence-corrected chi connectivity index (χ4v) is 1.81. The van der Waals surface area contributed by atoms with Gasteiger partial charge in [0.25, 0.3) is 0 Å². The van der Waals surface area contributed by atoms with Gasteiger partial charge in [0, 0.05) is 5.69 Å². The molecule has 0 bridgehead atoms. The quantitative estimate of drug-likeness (QED) is 0.874. The molecule has 2 aromatic heterocycles. The lowest BCUT2D eigenvalue weighted by Gasteiger charge is -2.07. The minimum Gasteiger partial charge on any atom is -0.478 e. The van der Waals surface area contributed by atoms with Crippen molar-refractivity contribution in [3.05, 3.63) is 40.8 Å². The zero-order valence-corrected chi connectivity index (χ0v) is 10.4. The van der Waals surface area contributed by atoms with E-state index in [1.54, 1.807) is 13.8 Å². The molecule has 0 fully saturated rings. The molecule has 0 aliphatic rings. The summed E-state index contributed by atoms with van der Waals surface area (Å²) in [5.41, 5.74) is 2.58. The molecule has 92 valence electrons. The Kier molecular flexibility index (Phi) is 3.06. The van der Waals surface area contributed by atoms with Crippen LogP contribution in [0, 0.1) is 20.8 Å². The molecule has 5 heteroatoms. The fraction of sp³-hybridized carbons (Fsp3) is 0.231. The first-order valence-corrected chi connectivity index (χ1v) is 5.51. The number of aromatic carboxylic acids is 1. The van der Waals surface area contributed by atoms with Crippen LogP contribution in [-0.4, -0.2) is 26.0 Å². The number of hydrogen-bond acceptors (Lipinski definition) is 4. The number of pyridine rings is 1. The fourth-order valence-electron chi connectivity index (χ4n) is 1.81. The van der Waals surface area contributed by atoms with Gasteiger partial charge in [0.15, 0.2) is 5.82 Å². The van der Waals surface area contributed by atoms with Crippen molar-refractivity contribution in [2.75, 3.05) is 0 Å². The van der Waals surface area contributed by atoms with E-state index < -0.39 is 5.97 Å². The third-order valence-corrected chi connectivity index (χ3v) is 2.60. The van der Waals surface area contributed by atoms with Crippen molar-refractivity contribution in [2.24, 2.45) is 0 Å². The summed E-state index contributed by atoms with van der Waals surface area (Å²) in [5, 5.41) is 9.06. The highest BCUT2D eigenvalue weighted by Gasteiger charge is 2.15. The third-order valence-electron chi connectivity index (χ3n) is 2.60. The number of carboxylic acids is 1. The molecule has 0 radical (unpaired) electrons. The normalized spacial score (nSPS) is 10.4. The van der Waals surface area contributed by atoms with Crippen LogP contribution in [0.3, 0.4) is 0 Å². The number of hydrogen-bond donors (Lipinski definition) is 1. The zero-order valence-electron chi connectivity index (χ0n) is 10.4. The molecule has 2 aromatic rings. The molecule has 0 aliphatic carbocycles. The summed E-state index contributed by atoms with van der Waals surface area (Å²) in [5.74, 6) is -0.549. The van der Waals surface area contributed by atoms with Crippen molar-refractivity contribution in [3.8, 4) is 11.5 Å². The first kappa shape index (κ1) is 12.2. The van der Waals surface area contributed by atoms with Gasteiger partial charge in [0.05, 0.1) is 11.4 Å². The number of carbonyl (C=O) groups is 1. The van der Waals surface area contributed by atoms with Gasteiger partial charge < -0.3 is 5.11 Å². The van der Waals surface area contributed by atoms with Gasteiger partial charge >= 0.3 is 5.97 Å². The number of rotatable bonds is 2. The van der Waals surface area contributed by atoms with Gasteiger partial charge in [0.1, 0.15) is 11.3 Å². The van der Waals surface area contributed by atoms with Gasteiger partial charge in [-0.25, -0.2) is 19.7 Å². The van der Waals surface area contributed by atoms with Crippen LogP contribution >= 0.6 is 0 Å².